The van der Waals surface area contributed by atoms with Gasteiger partial charge in [-0.3, -0.25) is 0 Å². The van der Waals surface area contributed by atoms with Crippen molar-refractivity contribution < 1.29 is 20.1 Å². The Balaban J connectivity index is 0.000000143. The van der Waals surface area contributed by atoms with Gasteiger partial charge in [-0.05, 0) is 171 Å². The van der Waals surface area contributed by atoms with Crippen LogP contribution in [-0.4, -0.2) is 54.3 Å². The fraction of sp³-hybridized carbons (Fsp3) is 0. The Morgan fingerprint density at radius 1 is 0.171 bits per heavy atom. The summed E-state index contributed by atoms with van der Waals surface area (Å²) in [5, 5.41) is 52.3. The monoisotopic (exact) mass is 1490 g/mol. The largest absolute Gasteiger partial charge is 0.488 e. The lowest BCUT2D eigenvalue weighted by Gasteiger charge is -2.18. The average molecular weight is 1490 g/mol. The predicted octanol–water partition coefficient (Wildman–Crippen LogP) is 23.0. The van der Waals surface area contributed by atoms with Gasteiger partial charge < -0.3 is 20.1 Å². The third-order valence-corrected chi connectivity index (χ3v) is 21.8. The van der Waals surface area contributed by atoms with E-state index < -0.39 is 14.2 Å². The molecule has 0 unspecified atom stereocenters. The van der Waals surface area contributed by atoms with Gasteiger partial charge in [0.05, 0.1) is 44.8 Å². The highest BCUT2D eigenvalue weighted by Gasteiger charge is 2.23. The number of halogens is 1. The van der Waals surface area contributed by atoms with E-state index in [0.29, 0.717) is 22.3 Å². The second kappa shape index (κ2) is 30.4. The van der Waals surface area contributed by atoms with Gasteiger partial charge in [-0.25, -0.2) is 19.9 Å². The fourth-order valence-electron chi connectivity index (χ4n) is 15.7. The van der Waals surface area contributed by atoms with Crippen LogP contribution in [0.3, 0.4) is 0 Å². The van der Waals surface area contributed by atoms with Crippen molar-refractivity contribution in [2.75, 3.05) is 0 Å². The molecule has 0 aliphatic rings. The molecule has 4 N–H and O–H groups in total. The minimum atomic E-state index is -1.53. The molecule has 0 fully saturated rings. The Hall–Kier alpha value is -13.4. The van der Waals surface area contributed by atoms with Crippen LogP contribution < -0.4 is 10.9 Å². The Bertz CT molecular complexity index is 6370. The summed E-state index contributed by atoms with van der Waals surface area (Å²) in [4.78, 5) is 20.2. The Morgan fingerprint density at radius 3 is 0.550 bits per heavy atom. The van der Waals surface area contributed by atoms with Crippen molar-refractivity contribution in [2.24, 2.45) is 0 Å². The quantitative estimate of drug-likeness (QED) is 0.0744. The molecule has 18 aromatic carbocycles. The fourth-order valence-corrected chi connectivity index (χ4v) is 16.4. The Labute approximate surface area is 650 Å². The summed E-state index contributed by atoms with van der Waals surface area (Å²) in [6.07, 6.45) is 0. The number of rotatable bonds is 11. The second-order valence-electron chi connectivity index (χ2n) is 27.5. The molecule has 2 aromatic heterocycles. The summed E-state index contributed by atoms with van der Waals surface area (Å²) in [5.74, 6) is 0. The molecule has 8 nitrogen and oxygen atoms in total. The van der Waals surface area contributed by atoms with Crippen molar-refractivity contribution in [1.29, 1.82) is 0 Å². The molecule has 0 spiro atoms. The lowest BCUT2D eigenvalue weighted by atomic mass is 9.79. The van der Waals surface area contributed by atoms with E-state index in [1.807, 2.05) is 36.4 Å². The van der Waals surface area contributed by atoms with E-state index in [9.17, 15) is 20.1 Å². The summed E-state index contributed by atoms with van der Waals surface area (Å²) >= 11 is 3.79. The van der Waals surface area contributed by atoms with Crippen LogP contribution in [0.25, 0.3) is 187 Å². The summed E-state index contributed by atoms with van der Waals surface area (Å²) in [6.45, 7) is 0. The minimum Gasteiger partial charge on any atom is -0.423 e. The first-order chi connectivity index (χ1) is 54.7. The van der Waals surface area contributed by atoms with Gasteiger partial charge in [0, 0.05) is 26.7 Å². The maximum Gasteiger partial charge on any atom is 0.488 e. The standard InChI is InChI=1S/C60H38N2.C20H16B2N2O4.C20H13Br/c1-3-17-39(18-4-1)55-45-21-7-11-25-49(45)57(50-26-12-8-22-46(50)55)41-31-35-43(36-32-41)59-60(62-54-30-16-15-29-53(54)61-59)44-37-33-42(34-38-44)58-51-27-13-9-23-47(51)56(40-19-5-2-6-20-40)48-24-10-14-28-52(48)58;25-21(26)15-9-5-13(6-10-15)19-20(14-7-11-16(12-8-14)22(27)28)24-18-4-2-1-3-17(18)23-19;21-20-17-12-6-4-10-15(17)19(14-8-2-1-3-9-14)16-11-5-7-13-18(16)20/h1-38H;1-12,25-28H;1-13H. The summed E-state index contributed by atoms with van der Waals surface area (Å²) < 4.78 is 1.17. The lowest BCUT2D eigenvalue weighted by Crippen LogP contribution is -2.29. The summed E-state index contributed by atoms with van der Waals surface area (Å²) in [5.41, 5.74) is 23.0. The van der Waals surface area contributed by atoms with Crippen LogP contribution in [-0.2, 0) is 0 Å². The van der Waals surface area contributed by atoms with Gasteiger partial charge in [0.1, 0.15) is 0 Å². The minimum absolute atomic E-state index is 0.389. The molecule has 20 rings (SSSR count). The highest BCUT2D eigenvalue weighted by atomic mass is 79.9. The molecule has 0 saturated carbocycles. The lowest BCUT2D eigenvalue weighted by molar-refractivity contribution is 0.424. The van der Waals surface area contributed by atoms with Crippen molar-refractivity contribution in [1.82, 2.24) is 19.9 Å². The van der Waals surface area contributed by atoms with Crippen LogP contribution in [0.15, 0.2) is 387 Å². The summed E-state index contributed by atoms with van der Waals surface area (Å²) in [7, 11) is -3.07. The molecule has 11 heteroatoms. The molecule has 0 amide bonds. The molecule has 0 radical (unpaired) electrons. The van der Waals surface area contributed by atoms with Gasteiger partial charge in [-0.1, -0.05) is 358 Å². The first kappa shape index (κ1) is 69.4. The summed E-state index contributed by atoms with van der Waals surface area (Å²) in [6, 6.07) is 132. The van der Waals surface area contributed by atoms with Crippen LogP contribution >= 0.6 is 15.9 Å². The zero-order chi connectivity index (χ0) is 74.9. The van der Waals surface area contributed by atoms with E-state index in [1.54, 1.807) is 48.5 Å². The highest BCUT2D eigenvalue weighted by Crippen LogP contribution is 2.48. The second-order valence-corrected chi connectivity index (χ2v) is 28.3. The van der Waals surface area contributed by atoms with E-state index >= 15 is 0 Å². The maximum absolute atomic E-state index is 9.32. The molecule has 2 heterocycles. The zero-order valence-electron chi connectivity index (χ0n) is 60.0. The third-order valence-electron chi connectivity index (χ3n) is 20.9. The molecule has 20 aromatic rings. The highest BCUT2D eigenvalue weighted by molar-refractivity contribution is 9.10. The zero-order valence-corrected chi connectivity index (χ0v) is 61.6. The van der Waals surface area contributed by atoms with Gasteiger partial charge in [-0.15, -0.1) is 0 Å². The molecular weight excluding hydrogens is 1420 g/mol. The van der Waals surface area contributed by atoms with E-state index in [2.05, 4.69) is 313 Å². The number of aromatic nitrogens is 4. The van der Waals surface area contributed by atoms with Gasteiger partial charge in [0.15, 0.2) is 0 Å². The number of para-hydroxylation sites is 4. The number of hydrogen-bond donors (Lipinski definition) is 4. The van der Waals surface area contributed by atoms with Crippen molar-refractivity contribution in [3.05, 3.63) is 387 Å². The van der Waals surface area contributed by atoms with Crippen molar-refractivity contribution in [3.8, 4) is 101 Å². The van der Waals surface area contributed by atoms with E-state index in [4.69, 9.17) is 19.9 Å². The van der Waals surface area contributed by atoms with Crippen molar-refractivity contribution >= 4 is 128 Å². The number of hydrogen-bond acceptors (Lipinski definition) is 8. The Kier molecular flexibility index (Phi) is 19.0. The molecule has 0 aliphatic heterocycles. The smallest absolute Gasteiger partial charge is 0.423 e. The van der Waals surface area contributed by atoms with Gasteiger partial charge in [0.25, 0.3) is 0 Å². The Morgan fingerprint density at radius 2 is 0.333 bits per heavy atom. The van der Waals surface area contributed by atoms with Crippen LogP contribution in [0.4, 0.5) is 0 Å². The average Bonchev–Trinajstić information content (AvgIpc) is 0.741. The maximum atomic E-state index is 9.32. The first-order valence-electron chi connectivity index (χ1n) is 37.0. The topological polar surface area (TPSA) is 132 Å². The molecule has 524 valence electrons. The molecule has 0 aliphatic carbocycles. The predicted molar refractivity (Wildman–Crippen MR) is 467 cm³/mol. The van der Waals surface area contributed by atoms with Gasteiger partial charge in [0.2, 0.25) is 0 Å². The van der Waals surface area contributed by atoms with Crippen LogP contribution in [0.2, 0.25) is 0 Å². The van der Waals surface area contributed by atoms with Crippen molar-refractivity contribution in [2.45, 2.75) is 0 Å². The van der Waals surface area contributed by atoms with E-state index in [0.717, 1.165) is 66.8 Å². The van der Waals surface area contributed by atoms with Crippen LogP contribution in [0.5, 0.6) is 0 Å². The van der Waals surface area contributed by atoms with Crippen molar-refractivity contribution in [3.63, 3.8) is 0 Å². The molecule has 111 heavy (non-hydrogen) atoms. The van der Waals surface area contributed by atoms with E-state index in [1.165, 1.54) is 114 Å². The molecule has 0 bridgehead atoms. The molecule has 0 atom stereocenters. The van der Waals surface area contributed by atoms with Crippen LogP contribution in [0.1, 0.15) is 0 Å². The third kappa shape index (κ3) is 13.4. The molecular formula is C100H67B2BrN4O4. The van der Waals surface area contributed by atoms with Crippen LogP contribution in [0, 0.1) is 0 Å². The van der Waals surface area contributed by atoms with Gasteiger partial charge >= 0.3 is 14.2 Å². The normalized spacial score (nSPS) is 11.3. The first-order valence-corrected chi connectivity index (χ1v) is 37.8. The number of benzene rings is 18. The SMILES string of the molecule is Brc1c2ccccc2c(-c2ccccc2)c2ccccc12.OB(O)c1ccc(-c2nc3ccccc3nc2-c2ccc(B(O)O)cc2)cc1.c1ccc(-c2c3ccccc3c(-c3ccc(-c4nc5ccccc5nc4-c4ccc(-c5c6ccccc6c(-c6ccccc6)c6ccccc56)cc4)cc3)c3ccccc23)cc1. The number of nitrogens with zero attached hydrogens (tertiary/aromatic N) is 4. The number of fused-ring (bicyclic) bond motifs is 8. The van der Waals surface area contributed by atoms with E-state index in [-0.39, 0.29) is 0 Å². The van der Waals surface area contributed by atoms with Gasteiger partial charge in [-0.2, -0.15) is 0 Å². The molecule has 0 saturated heterocycles.